The van der Waals surface area contributed by atoms with Crippen LogP contribution in [-0.2, 0) is 6.42 Å². The van der Waals surface area contributed by atoms with Gasteiger partial charge in [0.1, 0.15) is 6.29 Å². The van der Waals surface area contributed by atoms with Crippen molar-refractivity contribution in [3.8, 4) is 0 Å². The molecule has 0 spiro atoms. The van der Waals surface area contributed by atoms with Crippen molar-refractivity contribution in [3.05, 3.63) is 47.5 Å². The number of aldehydes is 1. The predicted octanol–water partition coefficient (Wildman–Crippen LogP) is 2.62. The largest absolute Gasteiger partial charge is 0.298 e. The van der Waals surface area contributed by atoms with Crippen LogP contribution in [0.3, 0.4) is 0 Å². The maximum Gasteiger partial charge on any atom is 0.150 e. The van der Waals surface area contributed by atoms with Gasteiger partial charge in [-0.25, -0.2) is 0 Å². The highest BCUT2D eigenvalue weighted by atomic mass is 16.1. The van der Waals surface area contributed by atoms with Gasteiger partial charge in [-0.05, 0) is 18.9 Å². The summed E-state index contributed by atoms with van der Waals surface area (Å²) in [5.74, 6) is 0. The lowest BCUT2D eigenvalue weighted by Crippen LogP contribution is -1.89. The third-order valence-electron chi connectivity index (χ3n) is 1.76. The van der Waals surface area contributed by atoms with Crippen molar-refractivity contribution in [1.82, 2.24) is 0 Å². The highest BCUT2D eigenvalue weighted by molar-refractivity contribution is 5.77. The second kappa shape index (κ2) is 4.50. The van der Waals surface area contributed by atoms with Crippen molar-refractivity contribution >= 4 is 6.29 Å². The van der Waals surface area contributed by atoms with Crippen molar-refractivity contribution in [1.29, 1.82) is 0 Å². The summed E-state index contributed by atoms with van der Waals surface area (Å²) in [5, 5.41) is 0. The van der Waals surface area contributed by atoms with Gasteiger partial charge >= 0.3 is 0 Å². The number of carbonyl (C=O) groups excluding carboxylic acids is 1. The van der Waals surface area contributed by atoms with E-state index in [1.54, 1.807) is 0 Å². The highest BCUT2D eigenvalue weighted by Crippen LogP contribution is 2.07. The smallest absolute Gasteiger partial charge is 0.150 e. The Bertz CT molecular complexity index is 287. The van der Waals surface area contributed by atoms with Crippen LogP contribution >= 0.6 is 0 Å². The molecule has 0 amide bonds. The Balaban J connectivity index is 2.89. The minimum Gasteiger partial charge on any atom is -0.298 e. The molecule has 0 saturated heterocycles. The Morgan fingerprint density at radius 1 is 1.33 bits per heavy atom. The van der Waals surface area contributed by atoms with Crippen LogP contribution in [0.25, 0.3) is 0 Å². The number of allylic oxidation sites excluding steroid dienone is 2. The van der Waals surface area contributed by atoms with Crippen LogP contribution in [0, 0.1) is 0 Å². The minimum atomic E-state index is 0.788. The normalized spacial score (nSPS) is 10.4. The molecule has 0 aliphatic heterocycles. The number of rotatable bonds is 3. The Morgan fingerprint density at radius 2 is 2.08 bits per heavy atom. The van der Waals surface area contributed by atoms with Gasteiger partial charge in [-0.2, -0.15) is 0 Å². The first-order valence-corrected chi connectivity index (χ1v) is 4.02. The zero-order chi connectivity index (χ0) is 8.81. The molecule has 0 aromatic heterocycles. The Labute approximate surface area is 72.7 Å². The van der Waals surface area contributed by atoms with E-state index in [-0.39, 0.29) is 0 Å². The number of hydrogen-bond donors (Lipinski definition) is 0. The van der Waals surface area contributed by atoms with Crippen molar-refractivity contribution in [2.75, 3.05) is 0 Å². The van der Waals surface area contributed by atoms with Crippen molar-refractivity contribution in [2.24, 2.45) is 0 Å². The van der Waals surface area contributed by atoms with Gasteiger partial charge in [-0.15, -0.1) is 0 Å². The molecule has 1 heteroatoms. The van der Waals surface area contributed by atoms with Crippen LogP contribution in [0.1, 0.15) is 22.8 Å². The van der Waals surface area contributed by atoms with Crippen molar-refractivity contribution < 1.29 is 4.79 Å². The summed E-state index contributed by atoms with van der Waals surface area (Å²) in [6, 6.07) is 7.64. The lowest BCUT2D eigenvalue weighted by atomic mass is 10.1. The number of hydrogen-bond acceptors (Lipinski definition) is 1. The lowest BCUT2D eigenvalue weighted by molar-refractivity contribution is 0.112. The first-order valence-electron chi connectivity index (χ1n) is 4.02. The van der Waals surface area contributed by atoms with E-state index in [0.717, 1.165) is 23.8 Å². The molecule has 0 unspecified atom stereocenters. The molecule has 0 bridgehead atoms. The molecule has 1 aromatic carbocycles. The first-order chi connectivity index (χ1) is 5.88. The second-order valence-electron chi connectivity index (χ2n) is 2.59. The second-order valence-corrected chi connectivity index (χ2v) is 2.59. The third kappa shape index (κ3) is 2.06. The first kappa shape index (κ1) is 8.72. The highest BCUT2D eigenvalue weighted by Gasteiger charge is 1.96. The van der Waals surface area contributed by atoms with Gasteiger partial charge in [0.25, 0.3) is 0 Å². The molecule has 1 aromatic rings. The molecule has 1 rings (SSSR count). The van der Waals surface area contributed by atoms with E-state index in [2.05, 4.69) is 0 Å². The van der Waals surface area contributed by atoms with E-state index in [9.17, 15) is 4.79 Å². The molecule has 1 nitrogen and oxygen atoms in total. The fraction of sp³-hybridized carbons (Fsp3) is 0.182. The fourth-order valence-corrected chi connectivity index (χ4v) is 1.08. The average Bonchev–Trinajstić information content (AvgIpc) is 2.15. The Hall–Kier alpha value is -1.37. The fourth-order valence-electron chi connectivity index (χ4n) is 1.08. The molecule has 0 heterocycles. The third-order valence-corrected chi connectivity index (χ3v) is 1.76. The van der Waals surface area contributed by atoms with Gasteiger partial charge < -0.3 is 0 Å². The van der Waals surface area contributed by atoms with Crippen LogP contribution in [0.2, 0.25) is 0 Å². The molecule has 0 saturated carbocycles. The Morgan fingerprint density at radius 3 is 2.75 bits per heavy atom. The maximum absolute atomic E-state index is 10.6. The molecular formula is C11H12O. The summed E-state index contributed by atoms with van der Waals surface area (Å²) in [4.78, 5) is 10.6. The standard InChI is InChI=1S/C11H12O/c1-2-3-6-10-7-4-5-8-11(10)9-12/h2-5,7-9H,6H2,1H3/b3-2+. The molecule has 0 aliphatic rings. The minimum absolute atomic E-state index is 0.788. The predicted molar refractivity (Wildman–Crippen MR) is 50.3 cm³/mol. The molecule has 0 radical (unpaired) electrons. The number of carbonyl (C=O) groups is 1. The van der Waals surface area contributed by atoms with E-state index in [1.165, 1.54) is 0 Å². The monoisotopic (exact) mass is 160 g/mol. The maximum atomic E-state index is 10.6. The van der Waals surface area contributed by atoms with Crippen LogP contribution in [0.4, 0.5) is 0 Å². The summed E-state index contributed by atoms with van der Waals surface area (Å²) in [5.41, 5.74) is 1.88. The summed E-state index contributed by atoms with van der Waals surface area (Å²) < 4.78 is 0. The van der Waals surface area contributed by atoms with Gasteiger partial charge in [0.2, 0.25) is 0 Å². The van der Waals surface area contributed by atoms with Gasteiger partial charge in [0, 0.05) is 5.56 Å². The topological polar surface area (TPSA) is 17.1 Å². The van der Waals surface area contributed by atoms with Crippen LogP contribution < -0.4 is 0 Å². The van der Waals surface area contributed by atoms with Crippen LogP contribution in [0.5, 0.6) is 0 Å². The van der Waals surface area contributed by atoms with Crippen molar-refractivity contribution in [3.63, 3.8) is 0 Å². The van der Waals surface area contributed by atoms with E-state index < -0.39 is 0 Å². The van der Waals surface area contributed by atoms with E-state index in [1.807, 2.05) is 43.3 Å². The summed E-state index contributed by atoms with van der Waals surface area (Å²) in [6.07, 6.45) is 5.77. The van der Waals surface area contributed by atoms with Gasteiger partial charge in [-0.1, -0.05) is 36.4 Å². The summed E-state index contributed by atoms with van der Waals surface area (Å²) >= 11 is 0. The van der Waals surface area contributed by atoms with Gasteiger partial charge in [0.05, 0.1) is 0 Å². The summed E-state index contributed by atoms with van der Waals surface area (Å²) in [6.45, 7) is 1.98. The van der Waals surface area contributed by atoms with E-state index >= 15 is 0 Å². The van der Waals surface area contributed by atoms with Gasteiger partial charge in [0.15, 0.2) is 0 Å². The lowest BCUT2D eigenvalue weighted by Gasteiger charge is -1.98. The SMILES string of the molecule is C/C=C/Cc1ccccc1C=O. The molecule has 0 aliphatic carbocycles. The quantitative estimate of drug-likeness (QED) is 0.490. The van der Waals surface area contributed by atoms with Crippen LogP contribution in [0.15, 0.2) is 36.4 Å². The molecule has 0 atom stereocenters. The van der Waals surface area contributed by atoms with Crippen molar-refractivity contribution in [2.45, 2.75) is 13.3 Å². The zero-order valence-corrected chi connectivity index (χ0v) is 7.16. The zero-order valence-electron chi connectivity index (χ0n) is 7.16. The molecular weight excluding hydrogens is 148 g/mol. The molecule has 12 heavy (non-hydrogen) atoms. The Kier molecular flexibility index (Phi) is 3.27. The van der Waals surface area contributed by atoms with E-state index in [4.69, 9.17) is 0 Å². The average molecular weight is 160 g/mol. The van der Waals surface area contributed by atoms with E-state index in [0.29, 0.717) is 0 Å². The molecule has 0 fully saturated rings. The van der Waals surface area contributed by atoms with Gasteiger partial charge in [-0.3, -0.25) is 4.79 Å². The summed E-state index contributed by atoms with van der Waals surface area (Å²) in [7, 11) is 0. The molecule has 0 N–H and O–H groups in total. The molecule has 62 valence electrons. The number of benzene rings is 1. The van der Waals surface area contributed by atoms with Crippen LogP contribution in [-0.4, -0.2) is 6.29 Å².